The van der Waals surface area contributed by atoms with Gasteiger partial charge in [0.15, 0.2) is 11.6 Å². The molecular weight excluding hydrogens is 361 g/mol. The minimum atomic E-state index is -3.69. The summed E-state index contributed by atoms with van der Waals surface area (Å²) in [7, 11) is -3.69. The number of sulfonamides is 1. The minimum absolute atomic E-state index is 0.0832. The van der Waals surface area contributed by atoms with E-state index < -0.39 is 21.6 Å². The van der Waals surface area contributed by atoms with Gasteiger partial charge in [0.2, 0.25) is 10.0 Å². The molecule has 0 atom stereocenters. The van der Waals surface area contributed by atoms with Crippen LogP contribution in [0.5, 0.6) is 0 Å². The van der Waals surface area contributed by atoms with Crippen molar-refractivity contribution in [1.29, 1.82) is 0 Å². The van der Waals surface area contributed by atoms with E-state index in [9.17, 15) is 17.6 Å². The Morgan fingerprint density at radius 3 is 2.81 bits per heavy atom. The van der Waals surface area contributed by atoms with Gasteiger partial charge in [0.05, 0.1) is 28.0 Å². The predicted molar refractivity (Wildman–Crippen MR) is 95.8 cm³/mol. The van der Waals surface area contributed by atoms with Crippen LogP contribution < -0.4 is 10.5 Å². The maximum Gasteiger partial charge on any atom is 0.232 e. The number of aromatic nitrogens is 3. The van der Waals surface area contributed by atoms with Gasteiger partial charge in [-0.3, -0.25) is 9.52 Å². The van der Waals surface area contributed by atoms with Crippen molar-refractivity contribution in [1.82, 2.24) is 15.0 Å². The van der Waals surface area contributed by atoms with Crippen molar-refractivity contribution in [2.75, 3.05) is 16.2 Å². The number of aromatic amines is 1. The number of nitrogen functional groups attached to an aromatic ring is 1. The first-order valence-corrected chi connectivity index (χ1v) is 9.40. The Labute approximate surface area is 148 Å². The molecule has 1 aromatic carbocycles. The average molecular weight is 377 g/mol. The number of carbonyl (C=O) groups excluding carboxylic acids is 1. The normalized spacial score (nSPS) is 11.6. The van der Waals surface area contributed by atoms with Gasteiger partial charge < -0.3 is 10.7 Å². The molecule has 0 aliphatic carbocycles. The molecule has 3 rings (SSSR count). The number of H-pyrrole nitrogens is 1. The molecule has 136 valence electrons. The Balaban J connectivity index is 2.04. The van der Waals surface area contributed by atoms with Crippen LogP contribution in [0.25, 0.3) is 11.0 Å². The van der Waals surface area contributed by atoms with Crippen LogP contribution in [0.3, 0.4) is 0 Å². The molecular formula is C16H16FN5O3S. The molecule has 0 saturated carbocycles. The number of rotatable bonds is 6. The monoisotopic (exact) mass is 377 g/mol. The Kier molecular flexibility index (Phi) is 4.60. The third-order valence-electron chi connectivity index (χ3n) is 3.73. The molecule has 0 fully saturated rings. The van der Waals surface area contributed by atoms with E-state index in [-0.39, 0.29) is 33.8 Å². The quantitative estimate of drug-likeness (QED) is 0.564. The fourth-order valence-electron chi connectivity index (χ4n) is 2.58. The van der Waals surface area contributed by atoms with Crippen LogP contribution in [0.15, 0.2) is 30.7 Å². The van der Waals surface area contributed by atoms with Crippen molar-refractivity contribution in [3.05, 3.63) is 47.7 Å². The number of anilines is 2. The number of nitrogens with two attached hydrogens (primary N) is 1. The van der Waals surface area contributed by atoms with Gasteiger partial charge in [-0.05, 0) is 18.6 Å². The highest BCUT2D eigenvalue weighted by molar-refractivity contribution is 7.92. The van der Waals surface area contributed by atoms with E-state index in [2.05, 4.69) is 19.7 Å². The van der Waals surface area contributed by atoms with Crippen molar-refractivity contribution in [3.8, 4) is 0 Å². The lowest BCUT2D eigenvalue weighted by atomic mass is 10.0. The van der Waals surface area contributed by atoms with E-state index in [1.165, 1.54) is 30.7 Å². The summed E-state index contributed by atoms with van der Waals surface area (Å²) >= 11 is 0. The fourth-order valence-corrected chi connectivity index (χ4v) is 3.72. The second-order valence-corrected chi connectivity index (χ2v) is 7.44. The molecule has 0 unspecified atom stereocenters. The van der Waals surface area contributed by atoms with Crippen molar-refractivity contribution in [2.45, 2.75) is 13.3 Å². The molecule has 4 N–H and O–H groups in total. The highest BCUT2D eigenvalue weighted by Gasteiger charge is 2.23. The number of hydrogen-bond donors (Lipinski definition) is 3. The summed E-state index contributed by atoms with van der Waals surface area (Å²) in [5.74, 6) is -1.69. The van der Waals surface area contributed by atoms with Crippen LogP contribution in [0.1, 0.15) is 29.3 Å². The van der Waals surface area contributed by atoms with Gasteiger partial charge in [0.1, 0.15) is 17.8 Å². The van der Waals surface area contributed by atoms with Crippen LogP contribution in [0.2, 0.25) is 0 Å². The number of nitrogens with one attached hydrogen (secondary N) is 2. The molecule has 0 aliphatic rings. The second-order valence-electron chi connectivity index (χ2n) is 5.60. The lowest BCUT2D eigenvalue weighted by Crippen LogP contribution is -2.18. The summed E-state index contributed by atoms with van der Waals surface area (Å²) in [6, 6.07) is 3.93. The molecule has 10 heteroatoms. The number of benzene rings is 1. The zero-order valence-electron chi connectivity index (χ0n) is 13.8. The Morgan fingerprint density at radius 1 is 1.31 bits per heavy atom. The fraction of sp³-hybridized carbons (Fsp3) is 0.188. The van der Waals surface area contributed by atoms with Crippen LogP contribution >= 0.6 is 0 Å². The average Bonchev–Trinajstić information content (AvgIpc) is 3.01. The Bertz CT molecular complexity index is 1090. The van der Waals surface area contributed by atoms with Crippen LogP contribution in [0.4, 0.5) is 15.9 Å². The molecule has 2 heterocycles. The van der Waals surface area contributed by atoms with E-state index >= 15 is 0 Å². The molecule has 0 saturated heterocycles. The van der Waals surface area contributed by atoms with Crippen molar-refractivity contribution in [2.24, 2.45) is 0 Å². The van der Waals surface area contributed by atoms with Gasteiger partial charge in [0, 0.05) is 6.20 Å². The summed E-state index contributed by atoms with van der Waals surface area (Å²) in [5, 5.41) is 0.286. The third kappa shape index (κ3) is 3.23. The Hall–Kier alpha value is -3.01. The van der Waals surface area contributed by atoms with Gasteiger partial charge in [-0.15, -0.1) is 0 Å². The second kappa shape index (κ2) is 6.71. The molecule has 2 aromatic heterocycles. The Morgan fingerprint density at radius 2 is 2.08 bits per heavy atom. The van der Waals surface area contributed by atoms with Crippen LogP contribution in [-0.4, -0.2) is 34.9 Å². The molecule has 0 aliphatic heterocycles. The number of halogens is 1. The maximum absolute atomic E-state index is 14.8. The summed E-state index contributed by atoms with van der Waals surface area (Å²) in [6.07, 6.45) is 2.99. The highest BCUT2D eigenvalue weighted by Crippen LogP contribution is 2.27. The molecule has 0 bridgehead atoms. The van der Waals surface area contributed by atoms with E-state index in [1.807, 2.05) is 0 Å². The van der Waals surface area contributed by atoms with Gasteiger partial charge in [0.25, 0.3) is 0 Å². The SMILES string of the molecule is CCCS(=O)(=O)Nc1cccc(C(=O)c2c[nH]c3ncnc(N)c23)c1F. The smallest absolute Gasteiger partial charge is 0.232 e. The van der Waals surface area contributed by atoms with E-state index in [0.29, 0.717) is 12.1 Å². The number of carbonyl (C=O) groups is 1. The van der Waals surface area contributed by atoms with Crippen LogP contribution in [0, 0.1) is 5.82 Å². The molecule has 0 radical (unpaired) electrons. The van der Waals surface area contributed by atoms with Gasteiger partial charge in [-0.1, -0.05) is 13.0 Å². The predicted octanol–water partition coefficient (Wildman–Crippen LogP) is 2.06. The largest absolute Gasteiger partial charge is 0.383 e. The first kappa shape index (κ1) is 17.8. The summed E-state index contributed by atoms with van der Waals surface area (Å²) in [4.78, 5) is 23.4. The van der Waals surface area contributed by atoms with Crippen molar-refractivity contribution in [3.63, 3.8) is 0 Å². The summed E-state index contributed by atoms with van der Waals surface area (Å²) < 4.78 is 40.7. The summed E-state index contributed by atoms with van der Waals surface area (Å²) in [5.41, 5.74) is 5.67. The molecule has 26 heavy (non-hydrogen) atoms. The first-order chi connectivity index (χ1) is 12.3. The van der Waals surface area contributed by atoms with Crippen LogP contribution in [-0.2, 0) is 10.0 Å². The lowest BCUT2D eigenvalue weighted by molar-refractivity contribution is 0.103. The maximum atomic E-state index is 14.8. The topological polar surface area (TPSA) is 131 Å². The number of hydrogen-bond acceptors (Lipinski definition) is 6. The number of ketones is 1. The van der Waals surface area contributed by atoms with Gasteiger partial charge in [-0.2, -0.15) is 0 Å². The lowest BCUT2D eigenvalue weighted by Gasteiger charge is -2.10. The molecule has 3 aromatic rings. The third-order valence-corrected chi connectivity index (χ3v) is 5.20. The minimum Gasteiger partial charge on any atom is -0.383 e. The molecule has 0 amide bonds. The van der Waals surface area contributed by atoms with Gasteiger partial charge in [-0.25, -0.2) is 22.8 Å². The molecule has 0 spiro atoms. The van der Waals surface area contributed by atoms with E-state index in [4.69, 9.17) is 5.73 Å². The first-order valence-electron chi connectivity index (χ1n) is 7.75. The van der Waals surface area contributed by atoms with Crippen molar-refractivity contribution < 1.29 is 17.6 Å². The van der Waals surface area contributed by atoms with Crippen molar-refractivity contribution >= 4 is 38.3 Å². The zero-order chi connectivity index (χ0) is 18.9. The number of nitrogens with zero attached hydrogens (tertiary/aromatic N) is 2. The zero-order valence-corrected chi connectivity index (χ0v) is 14.6. The van der Waals surface area contributed by atoms with Gasteiger partial charge >= 0.3 is 0 Å². The summed E-state index contributed by atoms with van der Waals surface area (Å²) in [6.45, 7) is 1.69. The van der Waals surface area contributed by atoms with E-state index in [1.54, 1.807) is 6.92 Å². The molecule has 8 nitrogen and oxygen atoms in total. The standard InChI is InChI=1S/C16H16FN5O3S/c1-2-6-26(24,25)22-11-5-3-4-9(13(11)17)14(23)10-7-19-16-12(10)15(18)20-8-21-16/h3-5,7-8,22H,2,6H2,1H3,(H3,18,19,20,21). The van der Waals surface area contributed by atoms with E-state index in [0.717, 1.165) is 0 Å². The number of fused-ring (bicyclic) bond motifs is 1. The highest BCUT2D eigenvalue weighted by atomic mass is 32.2.